The minimum absolute atomic E-state index is 0.105. The zero-order valence-electron chi connectivity index (χ0n) is 18.6. The third-order valence-corrected chi connectivity index (χ3v) is 6.53. The Balaban J connectivity index is 1.44. The summed E-state index contributed by atoms with van der Waals surface area (Å²) < 4.78 is 0. The Morgan fingerprint density at radius 2 is 1.84 bits per heavy atom. The van der Waals surface area contributed by atoms with Crippen molar-refractivity contribution in [3.63, 3.8) is 0 Å². The molecular formula is C27H28N4O. The molecule has 1 N–H and O–H groups in total. The fraction of sp³-hybridized carbons (Fsp3) is 0.259. The van der Waals surface area contributed by atoms with E-state index in [4.69, 9.17) is 0 Å². The summed E-state index contributed by atoms with van der Waals surface area (Å²) in [6.45, 7) is 1.59. The number of rotatable bonds is 5. The number of aromatic nitrogens is 2. The van der Waals surface area contributed by atoms with Crippen molar-refractivity contribution in [1.29, 1.82) is 0 Å². The van der Waals surface area contributed by atoms with Crippen LogP contribution in [0.3, 0.4) is 0 Å². The Kier molecular flexibility index (Phi) is 5.50. The molecule has 5 heteroatoms. The van der Waals surface area contributed by atoms with Gasteiger partial charge in [0, 0.05) is 42.2 Å². The largest absolute Gasteiger partial charge is 0.337 e. The lowest BCUT2D eigenvalue weighted by Gasteiger charge is -2.20. The van der Waals surface area contributed by atoms with E-state index in [2.05, 4.69) is 77.7 Å². The quantitative estimate of drug-likeness (QED) is 0.510. The molecule has 32 heavy (non-hydrogen) atoms. The number of hydrogen-bond acceptors (Lipinski definition) is 3. The molecule has 1 atom stereocenters. The van der Waals surface area contributed by atoms with E-state index in [0.717, 1.165) is 48.1 Å². The van der Waals surface area contributed by atoms with Gasteiger partial charge in [0.05, 0.1) is 5.52 Å². The van der Waals surface area contributed by atoms with Crippen LogP contribution in [0.4, 0.5) is 0 Å². The van der Waals surface area contributed by atoms with Crippen LogP contribution in [-0.4, -0.2) is 59.1 Å². The molecule has 0 saturated carbocycles. The molecule has 0 bridgehead atoms. The Morgan fingerprint density at radius 3 is 2.62 bits per heavy atom. The summed E-state index contributed by atoms with van der Waals surface area (Å²) in [5, 5.41) is 8.73. The number of carbonyl (C=O) groups is 1. The fourth-order valence-electron chi connectivity index (χ4n) is 4.63. The van der Waals surface area contributed by atoms with Crippen LogP contribution in [0.5, 0.6) is 0 Å². The number of H-pyrrole nitrogens is 1. The van der Waals surface area contributed by atoms with Crippen molar-refractivity contribution in [1.82, 2.24) is 20.0 Å². The summed E-state index contributed by atoms with van der Waals surface area (Å²) in [4.78, 5) is 17.3. The van der Waals surface area contributed by atoms with Gasteiger partial charge in [-0.2, -0.15) is 5.10 Å². The molecule has 0 spiro atoms. The maximum absolute atomic E-state index is 13.2. The molecule has 5 rings (SSSR count). The molecule has 1 aromatic heterocycles. The molecular weight excluding hydrogens is 396 g/mol. The van der Waals surface area contributed by atoms with Gasteiger partial charge in [-0.3, -0.25) is 9.89 Å². The Labute approximate surface area is 188 Å². The predicted octanol–water partition coefficient (Wildman–Crippen LogP) is 4.60. The highest BCUT2D eigenvalue weighted by atomic mass is 16.2. The Bertz CT molecular complexity index is 1250. The lowest BCUT2D eigenvalue weighted by Crippen LogP contribution is -2.34. The first kappa shape index (κ1) is 20.5. The zero-order chi connectivity index (χ0) is 22.1. The number of likely N-dealkylation sites (tertiary alicyclic amines) is 1. The minimum atomic E-state index is 0.105. The fourth-order valence-corrected chi connectivity index (χ4v) is 4.63. The SMILES string of the molecule is CN(C)[C@@H]1CCN(C(=O)c2ccc3n[nH]c(Cc4ccccc4-c4ccccc4)c3c2)C1. The molecule has 1 saturated heterocycles. The normalized spacial score (nSPS) is 16.2. The number of nitrogens with zero attached hydrogens (tertiary/aromatic N) is 3. The molecule has 1 fully saturated rings. The number of likely N-dealkylation sites (N-methyl/N-ethyl adjacent to an activating group) is 1. The highest BCUT2D eigenvalue weighted by Gasteiger charge is 2.28. The van der Waals surface area contributed by atoms with Crippen molar-refractivity contribution >= 4 is 16.8 Å². The molecule has 0 unspecified atom stereocenters. The van der Waals surface area contributed by atoms with Gasteiger partial charge in [0.2, 0.25) is 0 Å². The van der Waals surface area contributed by atoms with Crippen molar-refractivity contribution in [3.05, 3.63) is 89.6 Å². The van der Waals surface area contributed by atoms with Crippen LogP contribution in [0.15, 0.2) is 72.8 Å². The Morgan fingerprint density at radius 1 is 1.06 bits per heavy atom. The third-order valence-electron chi connectivity index (χ3n) is 6.53. The molecule has 0 radical (unpaired) electrons. The molecule has 2 heterocycles. The summed E-state index contributed by atoms with van der Waals surface area (Å²) >= 11 is 0. The van der Waals surface area contributed by atoms with Crippen LogP contribution < -0.4 is 0 Å². The second-order valence-electron chi connectivity index (χ2n) is 8.79. The topological polar surface area (TPSA) is 52.2 Å². The van der Waals surface area contributed by atoms with Gasteiger partial charge in [-0.1, -0.05) is 54.6 Å². The minimum Gasteiger partial charge on any atom is -0.337 e. The van der Waals surface area contributed by atoms with Crippen molar-refractivity contribution < 1.29 is 4.79 Å². The maximum Gasteiger partial charge on any atom is 0.253 e. The smallest absolute Gasteiger partial charge is 0.253 e. The molecule has 1 aliphatic heterocycles. The predicted molar refractivity (Wildman–Crippen MR) is 129 cm³/mol. The van der Waals surface area contributed by atoms with Gasteiger partial charge in [0.15, 0.2) is 0 Å². The number of aromatic amines is 1. The lowest BCUT2D eigenvalue weighted by molar-refractivity contribution is 0.0783. The molecule has 4 aromatic rings. The molecule has 3 aromatic carbocycles. The van der Waals surface area contributed by atoms with Crippen LogP contribution in [0.1, 0.15) is 28.0 Å². The van der Waals surface area contributed by atoms with E-state index in [1.54, 1.807) is 0 Å². The van der Waals surface area contributed by atoms with Gasteiger partial charge in [0.25, 0.3) is 5.91 Å². The number of carbonyl (C=O) groups excluding carboxylic acids is 1. The third kappa shape index (κ3) is 3.92. The molecule has 5 nitrogen and oxygen atoms in total. The van der Waals surface area contributed by atoms with Crippen LogP contribution in [0, 0.1) is 0 Å². The first-order chi connectivity index (χ1) is 15.6. The first-order valence-electron chi connectivity index (χ1n) is 11.2. The number of nitrogens with one attached hydrogen (secondary N) is 1. The van der Waals surface area contributed by atoms with Gasteiger partial charge in [-0.15, -0.1) is 0 Å². The Hall–Kier alpha value is -3.44. The van der Waals surface area contributed by atoms with Crippen LogP contribution in [0.25, 0.3) is 22.0 Å². The summed E-state index contributed by atoms with van der Waals surface area (Å²) in [7, 11) is 4.16. The average Bonchev–Trinajstić information content (AvgIpc) is 3.47. The zero-order valence-corrected chi connectivity index (χ0v) is 18.6. The van der Waals surface area contributed by atoms with E-state index < -0.39 is 0 Å². The van der Waals surface area contributed by atoms with Crippen molar-refractivity contribution in [2.45, 2.75) is 18.9 Å². The molecule has 162 valence electrons. The number of benzene rings is 3. The summed E-state index contributed by atoms with van der Waals surface area (Å²) in [6.07, 6.45) is 1.75. The van der Waals surface area contributed by atoms with Crippen molar-refractivity contribution in [3.8, 4) is 11.1 Å². The second-order valence-corrected chi connectivity index (χ2v) is 8.79. The van der Waals surface area contributed by atoms with Crippen molar-refractivity contribution in [2.24, 2.45) is 0 Å². The van der Waals surface area contributed by atoms with E-state index in [0.29, 0.717) is 6.04 Å². The number of amides is 1. The number of fused-ring (bicyclic) bond motifs is 1. The van der Waals surface area contributed by atoms with Crippen molar-refractivity contribution in [2.75, 3.05) is 27.2 Å². The van der Waals surface area contributed by atoms with E-state index >= 15 is 0 Å². The molecule has 1 aliphatic rings. The highest BCUT2D eigenvalue weighted by Crippen LogP contribution is 2.28. The number of hydrogen-bond donors (Lipinski definition) is 1. The van der Waals surface area contributed by atoms with Gasteiger partial charge < -0.3 is 9.80 Å². The van der Waals surface area contributed by atoms with Gasteiger partial charge in [0.1, 0.15) is 0 Å². The lowest BCUT2D eigenvalue weighted by atomic mass is 9.96. The standard InChI is InChI=1S/C27H28N4O/c1-30(2)22-14-15-31(18-22)27(32)21-12-13-25-24(16-21)26(29-28-25)17-20-10-6-7-11-23(20)19-8-4-3-5-9-19/h3-13,16,22H,14-15,17-18H2,1-2H3,(H,28,29)/t22-/m1/s1. The van der Waals surface area contributed by atoms with Crippen LogP contribution in [-0.2, 0) is 6.42 Å². The van der Waals surface area contributed by atoms with Crippen LogP contribution in [0.2, 0.25) is 0 Å². The van der Waals surface area contributed by atoms with E-state index in [1.165, 1.54) is 16.7 Å². The first-order valence-corrected chi connectivity index (χ1v) is 11.2. The van der Waals surface area contributed by atoms with E-state index in [-0.39, 0.29) is 5.91 Å². The van der Waals surface area contributed by atoms with Gasteiger partial charge >= 0.3 is 0 Å². The van der Waals surface area contributed by atoms with E-state index in [9.17, 15) is 4.79 Å². The van der Waals surface area contributed by atoms with Crippen LogP contribution >= 0.6 is 0 Å². The highest BCUT2D eigenvalue weighted by molar-refractivity contribution is 5.98. The summed E-state index contributed by atoms with van der Waals surface area (Å²) in [5.74, 6) is 0.105. The van der Waals surface area contributed by atoms with E-state index in [1.807, 2.05) is 29.2 Å². The maximum atomic E-state index is 13.2. The summed E-state index contributed by atoms with van der Waals surface area (Å²) in [6, 6.07) is 25.2. The van der Waals surface area contributed by atoms with Gasteiger partial charge in [-0.05, 0) is 55.4 Å². The second kappa shape index (κ2) is 8.60. The average molecular weight is 425 g/mol. The molecule has 1 amide bonds. The summed E-state index contributed by atoms with van der Waals surface area (Å²) in [5.41, 5.74) is 6.30. The molecule has 0 aliphatic carbocycles. The monoisotopic (exact) mass is 424 g/mol. The van der Waals surface area contributed by atoms with Gasteiger partial charge in [-0.25, -0.2) is 0 Å².